The first-order valence-corrected chi connectivity index (χ1v) is 6.73. The van der Waals surface area contributed by atoms with Gasteiger partial charge in [-0.3, -0.25) is 4.68 Å². The van der Waals surface area contributed by atoms with Crippen molar-refractivity contribution in [3.05, 3.63) is 52.3 Å². The lowest BCUT2D eigenvalue weighted by atomic mass is 10.1. The van der Waals surface area contributed by atoms with Gasteiger partial charge in [-0.1, -0.05) is 6.07 Å². The molecule has 0 unspecified atom stereocenters. The molecule has 0 radical (unpaired) electrons. The SMILES string of the molecule is Cc1cc(C)n(CCOC(=O)c2ccc(C)c(C)c2)n1. The molecule has 1 aromatic heterocycles. The van der Waals surface area contributed by atoms with Crippen LogP contribution in [0.2, 0.25) is 0 Å². The molecule has 0 atom stereocenters. The number of nitrogens with zero attached hydrogens (tertiary/aromatic N) is 2. The molecule has 4 heteroatoms. The highest BCUT2D eigenvalue weighted by Crippen LogP contribution is 2.11. The van der Waals surface area contributed by atoms with E-state index in [0.717, 1.165) is 17.0 Å². The molecule has 2 aromatic rings. The van der Waals surface area contributed by atoms with E-state index in [1.807, 2.05) is 50.6 Å². The lowest BCUT2D eigenvalue weighted by Gasteiger charge is -2.08. The van der Waals surface area contributed by atoms with Crippen molar-refractivity contribution in [3.63, 3.8) is 0 Å². The van der Waals surface area contributed by atoms with Crippen LogP contribution < -0.4 is 0 Å². The summed E-state index contributed by atoms with van der Waals surface area (Å²) in [7, 11) is 0. The Morgan fingerprint density at radius 1 is 1.15 bits per heavy atom. The van der Waals surface area contributed by atoms with Crippen LogP contribution in [0.3, 0.4) is 0 Å². The Morgan fingerprint density at radius 3 is 2.50 bits per heavy atom. The summed E-state index contributed by atoms with van der Waals surface area (Å²) in [6.45, 7) is 8.86. The Bertz CT molecular complexity index is 629. The number of ether oxygens (including phenoxy) is 1. The minimum absolute atomic E-state index is 0.283. The first-order valence-electron chi connectivity index (χ1n) is 6.73. The van der Waals surface area contributed by atoms with Gasteiger partial charge < -0.3 is 4.74 Å². The molecule has 0 N–H and O–H groups in total. The first-order chi connectivity index (χ1) is 9.47. The van der Waals surface area contributed by atoms with Crippen molar-refractivity contribution >= 4 is 5.97 Å². The summed E-state index contributed by atoms with van der Waals surface area (Å²) in [5, 5.41) is 4.33. The molecule has 0 aliphatic rings. The van der Waals surface area contributed by atoms with E-state index in [1.54, 1.807) is 6.07 Å². The van der Waals surface area contributed by atoms with E-state index in [9.17, 15) is 4.79 Å². The zero-order valence-corrected chi connectivity index (χ0v) is 12.4. The molecule has 4 nitrogen and oxygen atoms in total. The predicted molar refractivity (Wildman–Crippen MR) is 77.9 cm³/mol. The Kier molecular flexibility index (Phi) is 4.23. The zero-order chi connectivity index (χ0) is 14.7. The van der Waals surface area contributed by atoms with Crippen LogP contribution in [0.4, 0.5) is 0 Å². The average molecular weight is 272 g/mol. The van der Waals surface area contributed by atoms with Gasteiger partial charge in [-0.25, -0.2) is 4.79 Å². The monoisotopic (exact) mass is 272 g/mol. The number of aromatic nitrogens is 2. The first kappa shape index (κ1) is 14.3. The Balaban J connectivity index is 1.92. The van der Waals surface area contributed by atoms with Crippen molar-refractivity contribution in [2.45, 2.75) is 34.2 Å². The van der Waals surface area contributed by atoms with Crippen LogP contribution in [-0.4, -0.2) is 22.4 Å². The normalized spacial score (nSPS) is 10.6. The van der Waals surface area contributed by atoms with Gasteiger partial charge in [0.25, 0.3) is 0 Å². The van der Waals surface area contributed by atoms with Gasteiger partial charge in [0.2, 0.25) is 0 Å². The zero-order valence-electron chi connectivity index (χ0n) is 12.4. The summed E-state index contributed by atoms with van der Waals surface area (Å²) in [5.41, 5.74) is 4.91. The van der Waals surface area contributed by atoms with Crippen LogP contribution in [0.5, 0.6) is 0 Å². The number of carbonyl (C=O) groups is 1. The highest BCUT2D eigenvalue weighted by Gasteiger charge is 2.08. The van der Waals surface area contributed by atoms with Crippen LogP contribution in [-0.2, 0) is 11.3 Å². The smallest absolute Gasteiger partial charge is 0.338 e. The number of hydrogen-bond donors (Lipinski definition) is 0. The van der Waals surface area contributed by atoms with E-state index in [4.69, 9.17) is 4.74 Å². The van der Waals surface area contributed by atoms with Crippen LogP contribution in [0.1, 0.15) is 32.9 Å². The number of carbonyl (C=O) groups excluding carboxylic acids is 1. The molecular weight excluding hydrogens is 252 g/mol. The van der Waals surface area contributed by atoms with Crippen molar-refractivity contribution < 1.29 is 9.53 Å². The maximum Gasteiger partial charge on any atom is 0.338 e. The summed E-state index contributed by atoms with van der Waals surface area (Å²) >= 11 is 0. The second-order valence-electron chi connectivity index (χ2n) is 5.09. The highest BCUT2D eigenvalue weighted by atomic mass is 16.5. The second-order valence-corrected chi connectivity index (χ2v) is 5.09. The molecule has 0 fully saturated rings. The molecule has 20 heavy (non-hydrogen) atoms. The minimum Gasteiger partial charge on any atom is -0.460 e. The van der Waals surface area contributed by atoms with E-state index < -0.39 is 0 Å². The molecule has 2 rings (SSSR count). The summed E-state index contributed by atoms with van der Waals surface area (Å²) in [6, 6.07) is 7.60. The maximum atomic E-state index is 11.9. The minimum atomic E-state index is -0.283. The molecule has 0 aliphatic heterocycles. The van der Waals surface area contributed by atoms with Gasteiger partial charge in [-0.2, -0.15) is 5.10 Å². The number of aryl methyl sites for hydroxylation is 4. The third-order valence-electron chi connectivity index (χ3n) is 3.38. The summed E-state index contributed by atoms with van der Waals surface area (Å²) in [6.07, 6.45) is 0. The van der Waals surface area contributed by atoms with E-state index in [-0.39, 0.29) is 5.97 Å². The molecule has 1 heterocycles. The quantitative estimate of drug-likeness (QED) is 0.804. The van der Waals surface area contributed by atoms with E-state index in [0.29, 0.717) is 18.7 Å². The van der Waals surface area contributed by atoms with Gasteiger partial charge in [0.15, 0.2) is 0 Å². The standard InChI is InChI=1S/C16H20N2O2/c1-11-5-6-15(9-12(11)2)16(19)20-8-7-18-14(4)10-13(3)17-18/h5-6,9-10H,7-8H2,1-4H3. The Hall–Kier alpha value is -2.10. The van der Waals surface area contributed by atoms with E-state index >= 15 is 0 Å². The van der Waals surface area contributed by atoms with Gasteiger partial charge in [-0.05, 0) is 57.0 Å². The molecular formula is C16H20N2O2. The topological polar surface area (TPSA) is 44.1 Å². The molecule has 106 valence electrons. The van der Waals surface area contributed by atoms with Crippen molar-refractivity contribution in [3.8, 4) is 0 Å². The molecule has 0 amide bonds. The fourth-order valence-electron chi connectivity index (χ4n) is 2.08. The van der Waals surface area contributed by atoms with Crippen molar-refractivity contribution in [2.24, 2.45) is 0 Å². The Morgan fingerprint density at radius 2 is 1.90 bits per heavy atom. The largest absolute Gasteiger partial charge is 0.460 e. The molecule has 0 spiro atoms. The third-order valence-corrected chi connectivity index (χ3v) is 3.38. The fraction of sp³-hybridized carbons (Fsp3) is 0.375. The van der Waals surface area contributed by atoms with Crippen molar-refractivity contribution in [1.29, 1.82) is 0 Å². The van der Waals surface area contributed by atoms with Gasteiger partial charge >= 0.3 is 5.97 Å². The van der Waals surface area contributed by atoms with E-state index in [1.165, 1.54) is 5.56 Å². The number of esters is 1. The summed E-state index contributed by atoms with van der Waals surface area (Å²) in [4.78, 5) is 11.9. The lowest BCUT2D eigenvalue weighted by molar-refractivity contribution is 0.0487. The molecule has 0 saturated heterocycles. The van der Waals surface area contributed by atoms with Gasteiger partial charge in [-0.15, -0.1) is 0 Å². The van der Waals surface area contributed by atoms with E-state index in [2.05, 4.69) is 5.10 Å². The van der Waals surface area contributed by atoms with Crippen LogP contribution >= 0.6 is 0 Å². The fourth-order valence-corrected chi connectivity index (χ4v) is 2.08. The van der Waals surface area contributed by atoms with Crippen molar-refractivity contribution in [2.75, 3.05) is 6.61 Å². The van der Waals surface area contributed by atoms with Gasteiger partial charge in [0, 0.05) is 5.69 Å². The average Bonchev–Trinajstić information content (AvgIpc) is 2.71. The molecule has 0 aliphatic carbocycles. The van der Waals surface area contributed by atoms with Gasteiger partial charge in [0.05, 0.1) is 17.8 Å². The number of hydrogen-bond acceptors (Lipinski definition) is 3. The molecule has 0 saturated carbocycles. The van der Waals surface area contributed by atoms with Crippen LogP contribution in [0, 0.1) is 27.7 Å². The third kappa shape index (κ3) is 3.26. The highest BCUT2D eigenvalue weighted by molar-refractivity contribution is 5.89. The maximum absolute atomic E-state index is 11.9. The molecule has 0 bridgehead atoms. The molecule has 1 aromatic carbocycles. The van der Waals surface area contributed by atoms with Crippen LogP contribution in [0.25, 0.3) is 0 Å². The van der Waals surface area contributed by atoms with Gasteiger partial charge in [0.1, 0.15) is 6.61 Å². The number of benzene rings is 1. The lowest BCUT2D eigenvalue weighted by Crippen LogP contribution is -2.13. The predicted octanol–water partition coefficient (Wildman–Crippen LogP) is 2.97. The number of rotatable bonds is 4. The summed E-state index contributed by atoms with van der Waals surface area (Å²) < 4.78 is 7.14. The second kappa shape index (κ2) is 5.90. The van der Waals surface area contributed by atoms with Crippen molar-refractivity contribution in [1.82, 2.24) is 9.78 Å². The van der Waals surface area contributed by atoms with Crippen LogP contribution in [0.15, 0.2) is 24.3 Å². The Labute approximate surface area is 119 Å². The summed E-state index contributed by atoms with van der Waals surface area (Å²) in [5.74, 6) is -0.283.